The van der Waals surface area contributed by atoms with E-state index >= 15 is 0 Å². The molecule has 5 nitrogen and oxygen atoms in total. The van der Waals surface area contributed by atoms with Gasteiger partial charge in [-0.3, -0.25) is 4.79 Å². The fourth-order valence-electron chi connectivity index (χ4n) is 3.25. The summed E-state index contributed by atoms with van der Waals surface area (Å²) < 4.78 is 26.9. The molecule has 6 heteroatoms. The zero-order chi connectivity index (χ0) is 15.7. The van der Waals surface area contributed by atoms with Crippen LogP contribution in [0.4, 0.5) is 5.69 Å². The Hall–Kier alpha value is -1.40. The average Bonchev–Trinajstić information content (AvgIpc) is 2.94. The monoisotopic (exact) mass is 322 g/mol. The normalized spacial score (nSPS) is 20.6. The molecule has 0 bridgehead atoms. The first-order valence-corrected chi connectivity index (χ1v) is 9.35. The fraction of sp³-hybridized carbons (Fsp3) is 0.562. The number of hydrogen-bond acceptors (Lipinski definition) is 3. The van der Waals surface area contributed by atoms with Crippen LogP contribution >= 0.6 is 0 Å². The Bertz CT molecular complexity index is 679. The first-order chi connectivity index (χ1) is 10.5. The molecule has 1 aromatic carbocycles. The SMILES string of the molecule is Cc1cc(S(=O)(=O)N2CCCCC2)ccc1N1CCCC1=O. The highest BCUT2D eigenvalue weighted by Crippen LogP contribution is 2.29. The molecule has 2 heterocycles. The number of carbonyl (C=O) groups excluding carboxylic acids is 1. The molecule has 0 saturated carbocycles. The quantitative estimate of drug-likeness (QED) is 0.858. The maximum atomic E-state index is 12.7. The summed E-state index contributed by atoms with van der Waals surface area (Å²) in [6.45, 7) is 3.80. The molecule has 0 spiro atoms. The zero-order valence-electron chi connectivity index (χ0n) is 12.9. The Kier molecular flexibility index (Phi) is 4.23. The van der Waals surface area contributed by atoms with Crippen molar-refractivity contribution < 1.29 is 13.2 Å². The van der Waals surface area contributed by atoms with Gasteiger partial charge in [-0.2, -0.15) is 4.31 Å². The Morgan fingerprint density at radius 2 is 1.73 bits per heavy atom. The third-order valence-corrected chi connectivity index (χ3v) is 6.38. The minimum Gasteiger partial charge on any atom is -0.312 e. The van der Waals surface area contributed by atoms with Gasteiger partial charge in [0.2, 0.25) is 15.9 Å². The number of benzene rings is 1. The third kappa shape index (κ3) is 2.77. The molecule has 0 radical (unpaired) electrons. The van der Waals surface area contributed by atoms with Crippen molar-refractivity contribution in [3.8, 4) is 0 Å². The molecule has 0 N–H and O–H groups in total. The number of hydrogen-bond donors (Lipinski definition) is 0. The smallest absolute Gasteiger partial charge is 0.243 e. The number of carbonyl (C=O) groups is 1. The van der Waals surface area contributed by atoms with Crippen molar-refractivity contribution in [3.63, 3.8) is 0 Å². The van der Waals surface area contributed by atoms with Gasteiger partial charge in [0.25, 0.3) is 0 Å². The van der Waals surface area contributed by atoms with E-state index in [-0.39, 0.29) is 5.91 Å². The van der Waals surface area contributed by atoms with Crippen LogP contribution in [0.5, 0.6) is 0 Å². The van der Waals surface area contributed by atoms with E-state index < -0.39 is 10.0 Å². The number of nitrogens with zero attached hydrogens (tertiary/aromatic N) is 2. The molecule has 120 valence electrons. The van der Waals surface area contributed by atoms with E-state index in [1.165, 1.54) is 0 Å². The summed E-state index contributed by atoms with van der Waals surface area (Å²) in [5.74, 6) is 0.120. The predicted octanol–water partition coefficient (Wildman–Crippen LogP) is 2.30. The van der Waals surface area contributed by atoms with Crippen molar-refractivity contribution in [2.24, 2.45) is 0 Å². The van der Waals surface area contributed by atoms with Crippen LogP contribution in [0.3, 0.4) is 0 Å². The van der Waals surface area contributed by atoms with Crippen LogP contribution in [0.15, 0.2) is 23.1 Å². The summed E-state index contributed by atoms with van der Waals surface area (Å²) in [4.78, 5) is 13.9. The van der Waals surface area contributed by atoms with Gasteiger partial charge in [-0.25, -0.2) is 8.42 Å². The summed E-state index contributed by atoms with van der Waals surface area (Å²) in [5, 5.41) is 0. The average molecular weight is 322 g/mol. The number of amides is 1. The van der Waals surface area contributed by atoms with E-state index in [1.54, 1.807) is 27.4 Å². The highest BCUT2D eigenvalue weighted by atomic mass is 32.2. The molecular weight excluding hydrogens is 300 g/mol. The first-order valence-electron chi connectivity index (χ1n) is 7.91. The minimum atomic E-state index is -3.41. The summed E-state index contributed by atoms with van der Waals surface area (Å²) >= 11 is 0. The fourth-order valence-corrected chi connectivity index (χ4v) is 4.85. The van der Waals surface area contributed by atoms with E-state index in [2.05, 4.69) is 0 Å². The van der Waals surface area contributed by atoms with Gasteiger partial charge < -0.3 is 4.90 Å². The Labute approximate surface area is 132 Å². The molecule has 0 aromatic heterocycles. The van der Waals surface area contributed by atoms with Gasteiger partial charge in [-0.1, -0.05) is 6.42 Å². The van der Waals surface area contributed by atoms with Gasteiger partial charge in [0, 0.05) is 31.7 Å². The van der Waals surface area contributed by atoms with Crippen LogP contribution in [0, 0.1) is 6.92 Å². The van der Waals surface area contributed by atoms with E-state index in [0.29, 0.717) is 24.4 Å². The van der Waals surface area contributed by atoms with Crippen LogP contribution in [0.1, 0.15) is 37.7 Å². The van der Waals surface area contributed by atoms with Crippen LogP contribution in [0.2, 0.25) is 0 Å². The zero-order valence-corrected chi connectivity index (χ0v) is 13.7. The molecule has 2 aliphatic heterocycles. The van der Waals surface area contributed by atoms with Gasteiger partial charge in [0.1, 0.15) is 0 Å². The Balaban J connectivity index is 1.89. The lowest BCUT2D eigenvalue weighted by Gasteiger charge is -2.26. The largest absolute Gasteiger partial charge is 0.312 e. The molecule has 0 unspecified atom stereocenters. The number of anilines is 1. The lowest BCUT2D eigenvalue weighted by atomic mass is 10.2. The summed E-state index contributed by atoms with van der Waals surface area (Å²) in [5.41, 5.74) is 1.67. The third-order valence-electron chi connectivity index (χ3n) is 4.49. The van der Waals surface area contributed by atoms with Gasteiger partial charge in [0.15, 0.2) is 0 Å². The van der Waals surface area contributed by atoms with E-state index in [4.69, 9.17) is 0 Å². The molecule has 3 rings (SSSR count). The number of piperidine rings is 1. The van der Waals surface area contributed by atoms with Crippen LogP contribution < -0.4 is 4.90 Å². The summed E-state index contributed by atoms with van der Waals surface area (Å²) in [6.07, 6.45) is 4.40. The van der Waals surface area contributed by atoms with Gasteiger partial charge >= 0.3 is 0 Å². The van der Waals surface area contributed by atoms with Crippen LogP contribution in [0.25, 0.3) is 0 Å². The highest BCUT2D eigenvalue weighted by molar-refractivity contribution is 7.89. The maximum absolute atomic E-state index is 12.7. The second kappa shape index (κ2) is 6.01. The van der Waals surface area contributed by atoms with Crippen LogP contribution in [-0.4, -0.2) is 38.3 Å². The Morgan fingerprint density at radius 1 is 1.00 bits per heavy atom. The predicted molar refractivity (Wildman–Crippen MR) is 85.4 cm³/mol. The highest BCUT2D eigenvalue weighted by Gasteiger charge is 2.28. The second-order valence-electron chi connectivity index (χ2n) is 6.06. The topological polar surface area (TPSA) is 57.7 Å². The van der Waals surface area contributed by atoms with E-state index in [1.807, 2.05) is 6.92 Å². The first kappa shape index (κ1) is 15.5. The second-order valence-corrected chi connectivity index (χ2v) is 8.00. The number of sulfonamides is 1. The lowest BCUT2D eigenvalue weighted by Crippen LogP contribution is -2.35. The molecule has 1 amide bonds. The van der Waals surface area contributed by atoms with Gasteiger partial charge in [0.05, 0.1) is 4.90 Å². The van der Waals surface area contributed by atoms with Crippen molar-refractivity contribution >= 4 is 21.6 Å². The van der Waals surface area contributed by atoms with Crippen molar-refractivity contribution in [3.05, 3.63) is 23.8 Å². The Morgan fingerprint density at radius 3 is 2.32 bits per heavy atom. The molecule has 0 aliphatic carbocycles. The lowest BCUT2D eigenvalue weighted by molar-refractivity contribution is -0.117. The van der Waals surface area contributed by atoms with Gasteiger partial charge in [-0.05, 0) is 49.9 Å². The van der Waals surface area contributed by atoms with Gasteiger partial charge in [-0.15, -0.1) is 0 Å². The molecular formula is C16H22N2O3S. The van der Waals surface area contributed by atoms with E-state index in [9.17, 15) is 13.2 Å². The number of aryl methyl sites for hydroxylation is 1. The number of rotatable bonds is 3. The molecule has 0 atom stereocenters. The molecule has 2 fully saturated rings. The maximum Gasteiger partial charge on any atom is 0.243 e. The standard InChI is InChI=1S/C16H22N2O3S/c1-13-12-14(22(20,21)17-9-3-2-4-10-17)7-8-15(13)18-11-5-6-16(18)19/h7-8,12H,2-6,9-11H2,1H3. The van der Waals surface area contributed by atoms with Crippen molar-refractivity contribution in [1.29, 1.82) is 0 Å². The van der Waals surface area contributed by atoms with E-state index in [0.717, 1.165) is 43.5 Å². The molecule has 22 heavy (non-hydrogen) atoms. The van der Waals surface area contributed by atoms with Crippen LogP contribution in [-0.2, 0) is 14.8 Å². The summed E-state index contributed by atoms with van der Waals surface area (Å²) in [7, 11) is -3.41. The summed E-state index contributed by atoms with van der Waals surface area (Å²) in [6, 6.07) is 5.11. The minimum absolute atomic E-state index is 0.120. The van der Waals surface area contributed by atoms with Crippen molar-refractivity contribution in [2.45, 2.75) is 43.9 Å². The molecule has 2 saturated heterocycles. The molecule has 1 aromatic rings. The van der Waals surface area contributed by atoms with Crippen molar-refractivity contribution in [1.82, 2.24) is 4.31 Å². The van der Waals surface area contributed by atoms with Crippen molar-refractivity contribution in [2.75, 3.05) is 24.5 Å². The molecule has 2 aliphatic rings.